The highest BCUT2D eigenvalue weighted by atomic mass is 35.5. The van der Waals surface area contributed by atoms with Gasteiger partial charge in [-0.1, -0.05) is 47.8 Å². The number of esters is 1. The zero-order chi connectivity index (χ0) is 21.7. The fourth-order valence-electron chi connectivity index (χ4n) is 2.32. The van der Waals surface area contributed by atoms with Gasteiger partial charge >= 0.3 is 11.9 Å². The Morgan fingerprint density at radius 2 is 1.79 bits per heavy atom. The normalized spacial score (nSPS) is 13.6. The van der Waals surface area contributed by atoms with Crippen molar-refractivity contribution in [2.45, 2.75) is 32.4 Å². The second-order valence-electron chi connectivity index (χ2n) is 6.16. The molecule has 0 aliphatic carbocycles. The van der Waals surface area contributed by atoms with Crippen molar-refractivity contribution in [3.8, 4) is 5.75 Å². The predicted molar refractivity (Wildman–Crippen MR) is 112 cm³/mol. The highest BCUT2D eigenvalue weighted by Gasteiger charge is 2.30. The third kappa shape index (κ3) is 5.85. The number of carbonyl (C=O) groups excluding carboxylic acids is 1. The van der Waals surface area contributed by atoms with Gasteiger partial charge in [-0.3, -0.25) is 4.99 Å². The quantitative estimate of drug-likeness (QED) is 0.346. The van der Waals surface area contributed by atoms with E-state index in [1.165, 1.54) is 36.4 Å². The highest BCUT2D eigenvalue weighted by molar-refractivity contribution is 6.42. The first-order valence-corrected chi connectivity index (χ1v) is 9.72. The van der Waals surface area contributed by atoms with Crippen molar-refractivity contribution in [1.29, 1.82) is 0 Å². The van der Waals surface area contributed by atoms with Gasteiger partial charge in [0.25, 0.3) is 0 Å². The van der Waals surface area contributed by atoms with E-state index in [0.29, 0.717) is 12.0 Å². The lowest BCUT2D eigenvalue weighted by Gasteiger charge is -2.16. The first-order valence-electron chi connectivity index (χ1n) is 8.59. The number of aliphatic imine (C=N–C) groups is 1. The minimum absolute atomic E-state index is 0.00271. The van der Waals surface area contributed by atoms with Crippen LogP contribution in [0.5, 0.6) is 5.75 Å². The van der Waals surface area contributed by atoms with Crippen molar-refractivity contribution < 1.29 is 24.5 Å². The van der Waals surface area contributed by atoms with Crippen LogP contribution in [0.4, 0.5) is 0 Å². The van der Waals surface area contributed by atoms with Gasteiger partial charge in [0, 0.05) is 16.1 Å². The van der Waals surface area contributed by atoms with Crippen LogP contribution >= 0.6 is 34.8 Å². The van der Waals surface area contributed by atoms with Crippen molar-refractivity contribution in [3.63, 3.8) is 0 Å². The Balaban J connectivity index is 2.66. The van der Waals surface area contributed by atoms with E-state index < -0.39 is 24.1 Å². The number of benzene rings is 2. The van der Waals surface area contributed by atoms with E-state index in [4.69, 9.17) is 39.5 Å². The van der Waals surface area contributed by atoms with Gasteiger partial charge in [-0.25, -0.2) is 9.59 Å². The van der Waals surface area contributed by atoms with E-state index in [9.17, 15) is 19.8 Å². The molecule has 0 spiro atoms. The maximum absolute atomic E-state index is 12.4. The van der Waals surface area contributed by atoms with Gasteiger partial charge in [0.2, 0.25) is 6.04 Å². The first kappa shape index (κ1) is 23.0. The van der Waals surface area contributed by atoms with Gasteiger partial charge in [-0.2, -0.15) is 0 Å². The number of carbonyl (C=O) groups is 2. The summed E-state index contributed by atoms with van der Waals surface area (Å²) in [6, 6.07) is 6.80. The number of hydrogen-bond donors (Lipinski definition) is 2. The number of carboxylic acid groups (broad SMARTS) is 1. The van der Waals surface area contributed by atoms with Gasteiger partial charge in [-0.05, 0) is 43.7 Å². The molecule has 2 aromatic rings. The second kappa shape index (κ2) is 9.96. The van der Waals surface area contributed by atoms with Crippen LogP contribution in [0.1, 0.15) is 31.4 Å². The van der Waals surface area contributed by atoms with Crippen LogP contribution in [0.15, 0.2) is 41.4 Å². The second-order valence-corrected chi connectivity index (χ2v) is 7.42. The fraction of sp³-hybridized carbons (Fsp3) is 0.250. The van der Waals surface area contributed by atoms with Gasteiger partial charge in [0.15, 0.2) is 0 Å². The number of phenols is 1. The summed E-state index contributed by atoms with van der Waals surface area (Å²) in [5, 5.41) is 20.6. The van der Waals surface area contributed by atoms with Crippen LogP contribution in [-0.4, -0.2) is 40.0 Å². The van der Waals surface area contributed by atoms with Crippen LogP contribution in [-0.2, 0) is 14.3 Å². The fourth-order valence-corrected chi connectivity index (χ4v) is 2.80. The molecule has 2 aromatic carbocycles. The van der Waals surface area contributed by atoms with E-state index in [-0.39, 0.29) is 32.1 Å². The van der Waals surface area contributed by atoms with E-state index in [2.05, 4.69) is 4.99 Å². The van der Waals surface area contributed by atoms with Gasteiger partial charge in [0.1, 0.15) is 5.75 Å². The summed E-state index contributed by atoms with van der Waals surface area (Å²) in [6.45, 7) is 3.44. The Labute approximate surface area is 182 Å². The zero-order valence-electron chi connectivity index (χ0n) is 15.5. The number of halogens is 3. The minimum Gasteiger partial charge on any atom is -0.507 e. The molecule has 9 heteroatoms. The SMILES string of the molecule is CCC(C)OC(=O)C(N=C(c1ccc(Cl)c(Cl)c1)c1cc(Cl)ccc1O)C(=O)O. The van der Waals surface area contributed by atoms with Crippen molar-refractivity contribution >= 4 is 52.5 Å². The first-order chi connectivity index (χ1) is 13.6. The summed E-state index contributed by atoms with van der Waals surface area (Å²) in [7, 11) is 0. The number of rotatable bonds is 7. The molecule has 0 heterocycles. The number of ether oxygens (including phenoxy) is 1. The largest absolute Gasteiger partial charge is 0.507 e. The van der Waals surface area contributed by atoms with E-state index in [0.717, 1.165) is 0 Å². The number of carboxylic acids is 1. The Morgan fingerprint density at radius 1 is 1.10 bits per heavy atom. The zero-order valence-corrected chi connectivity index (χ0v) is 17.8. The summed E-state index contributed by atoms with van der Waals surface area (Å²) in [5.74, 6) is -2.73. The van der Waals surface area contributed by atoms with Crippen LogP contribution in [0.3, 0.4) is 0 Å². The number of hydrogen-bond acceptors (Lipinski definition) is 5. The molecule has 0 aliphatic rings. The van der Waals surface area contributed by atoms with Gasteiger partial charge in [-0.15, -0.1) is 0 Å². The third-order valence-electron chi connectivity index (χ3n) is 4.01. The van der Waals surface area contributed by atoms with Crippen molar-refractivity contribution in [2.75, 3.05) is 0 Å². The van der Waals surface area contributed by atoms with E-state index >= 15 is 0 Å². The maximum atomic E-state index is 12.4. The van der Waals surface area contributed by atoms with Crippen molar-refractivity contribution in [1.82, 2.24) is 0 Å². The molecule has 0 aromatic heterocycles. The molecular weight excluding hydrogens is 441 g/mol. The summed E-state index contributed by atoms with van der Waals surface area (Å²) >= 11 is 18.1. The average Bonchev–Trinajstić information content (AvgIpc) is 2.66. The molecule has 2 unspecified atom stereocenters. The number of phenolic OH excluding ortho intramolecular Hbond substituents is 1. The van der Waals surface area contributed by atoms with E-state index in [1.54, 1.807) is 13.8 Å². The van der Waals surface area contributed by atoms with Gasteiger partial charge < -0.3 is 14.9 Å². The Hall–Kier alpha value is -2.28. The minimum atomic E-state index is -1.85. The Bertz CT molecular complexity index is 961. The molecule has 2 N–H and O–H groups in total. The average molecular weight is 459 g/mol. The highest BCUT2D eigenvalue weighted by Crippen LogP contribution is 2.29. The monoisotopic (exact) mass is 457 g/mol. The molecule has 0 bridgehead atoms. The molecule has 6 nitrogen and oxygen atoms in total. The molecule has 2 rings (SSSR count). The van der Waals surface area contributed by atoms with Crippen LogP contribution in [0, 0.1) is 0 Å². The summed E-state index contributed by atoms with van der Waals surface area (Å²) in [6.07, 6.45) is 0.0313. The summed E-state index contributed by atoms with van der Waals surface area (Å²) < 4.78 is 5.13. The van der Waals surface area contributed by atoms with Crippen LogP contribution in [0.2, 0.25) is 15.1 Å². The third-order valence-corrected chi connectivity index (χ3v) is 4.99. The molecular formula is C20H18Cl3NO5. The van der Waals surface area contributed by atoms with Gasteiger partial charge in [0.05, 0.1) is 21.9 Å². The number of aliphatic carboxylic acids is 1. The molecule has 154 valence electrons. The topological polar surface area (TPSA) is 96.2 Å². The molecule has 2 atom stereocenters. The lowest BCUT2D eigenvalue weighted by atomic mass is 10.0. The van der Waals surface area contributed by atoms with Crippen LogP contribution in [0.25, 0.3) is 0 Å². The van der Waals surface area contributed by atoms with Crippen molar-refractivity contribution in [2.24, 2.45) is 4.99 Å². The summed E-state index contributed by atoms with van der Waals surface area (Å²) in [4.78, 5) is 28.2. The van der Waals surface area contributed by atoms with Crippen molar-refractivity contribution in [3.05, 3.63) is 62.6 Å². The Morgan fingerprint density at radius 3 is 2.38 bits per heavy atom. The Kier molecular flexibility index (Phi) is 7.90. The molecule has 0 saturated heterocycles. The molecule has 0 fully saturated rings. The molecule has 0 saturated carbocycles. The van der Waals surface area contributed by atoms with E-state index in [1.807, 2.05) is 0 Å². The lowest BCUT2D eigenvalue weighted by Crippen LogP contribution is -2.33. The predicted octanol–water partition coefficient (Wildman–Crippen LogP) is 4.98. The molecule has 0 radical (unpaired) electrons. The number of nitrogens with zero attached hydrogens (tertiary/aromatic N) is 1. The van der Waals surface area contributed by atoms with Crippen LogP contribution < -0.4 is 0 Å². The molecule has 29 heavy (non-hydrogen) atoms. The lowest BCUT2D eigenvalue weighted by molar-refractivity contribution is -0.156. The smallest absolute Gasteiger partial charge is 0.342 e. The standard InChI is InChI=1S/C20H18Cl3NO5/c1-3-10(2)29-20(28)18(19(26)27)24-17(11-4-6-14(22)15(23)8-11)13-9-12(21)5-7-16(13)25/h4-10,18,25H,3H2,1-2H3,(H,26,27). The summed E-state index contributed by atoms with van der Waals surface area (Å²) in [5.41, 5.74) is 0.454. The maximum Gasteiger partial charge on any atom is 0.342 e. The number of aromatic hydroxyl groups is 1. The molecule has 0 amide bonds. The molecule has 0 aliphatic heterocycles.